The molecule has 2 aromatic rings. The molecule has 4 heteroatoms. The van der Waals surface area contributed by atoms with Crippen molar-refractivity contribution in [1.82, 2.24) is 0 Å². The molecule has 0 saturated carbocycles. The van der Waals surface area contributed by atoms with E-state index in [9.17, 15) is 4.79 Å². The first kappa shape index (κ1) is 12.5. The summed E-state index contributed by atoms with van der Waals surface area (Å²) in [6.07, 6.45) is 2.87. The predicted octanol–water partition coefficient (Wildman–Crippen LogP) is 3.79. The molecular weight excluding hydrogens is 252 g/mol. The van der Waals surface area contributed by atoms with Crippen LogP contribution in [0.3, 0.4) is 0 Å². The minimum atomic E-state index is -0.417. The molecular formula is C14H11ClO3. The smallest absolute Gasteiger partial charge is 0.330 e. The van der Waals surface area contributed by atoms with Crippen molar-refractivity contribution in [2.45, 2.75) is 0 Å². The van der Waals surface area contributed by atoms with Gasteiger partial charge in [-0.3, -0.25) is 0 Å². The lowest BCUT2D eigenvalue weighted by atomic mass is 10.2. The van der Waals surface area contributed by atoms with Gasteiger partial charge in [-0.1, -0.05) is 11.6 Å². The van der Waals surface area contributed by atoms with Crippen molar-refractivity contribution in [2.75, 3.05) is 7.11 Å². The number of halogens is 1. The molecule has 1 aromatic carbocycles. The van der Waals surface area contributed by atoms with E-state index in [2.05, 4.69) is 4.74 Å². The molecule has 1 aromatic heterocycles. The number of furan rings is 1. The Labute approximate surface area is 110 Å². The highest BCUT2D eigenvalue weighted by Gasteiger charge is 2.03. The number of hydrogen-bond acceptors (Lipinski definition) is 3. The van der Waals surface area contributed by atoms with Gasteiger partial charge in [0.25, 0.3) is 0 Å². The van der Waals surface area contributed by atoms with Gasteiger partial charge in [-0.25, -0.2) is 4.79 Å². The fourth-order valence-corrected chi connectivity index (χ4v) is 1.56. The third-order valence-electron chi connectivity index (χ3n) is 2.34. The van der Waals surface area contributed by atoms with Gasteiger partial charge in [-0.2, -0.15) is 0 Å². The Morgan fingerprint density at radius 1 is 1.22 bits per heavy atom. The van der Waals surface area contributed by atoms with E-state index in [1.807, 2.05) is 18.2 Å². The van der Waals surface area contributed by atoms with Gasteiger partial charge >= 0.3 is 5.97 Å². The van der Waals surface area contributed by atoms with Crippen LogP contribution in [0, 0.1) is 0 Å². The van der Waals surface area contributed by atoms with Crippen LogP contribution in [0.1, 0.15) is 5.76 Å². The lowest BCUT2D eigenvalue weighted by molar-refractivity contribution is -0.134. The quantitative estimate of drug-likeness (QED) is 0.624. The Morgan fingerprint density at radius 2 is 1.94 bits per heavy atom. The third-order valence-corrected chi connectivity index (χ3v) is 2.59. The zero-order valence-electron chi connectivity index (χ0n) is 9.72. The van der Waals surface area contributed by atoms with E-state index in [1.54, 1.807) is 24.3 Å². The summed E-state index contributed by atoms with van der Waals surface area (Å²) < 4.78 is 10.1. The van der Waals surface area contributed by atoms with E-state index in [-0.39, 0.29) is 0 Å². The van der Waals surface area contributed by atoms with Gasteiger partial charge in [0.2, 0.25) is 0 Å². The SMILES string of the molecule is COC(=O)C=Cc1ccc(-c2ccc(Cl)cc2)o1. The van der Waals surface area contributed by atoms with Crippen LogP contribution in [0.4, 0.5) is 0 Å². The van der Waals surface area contributed by atoms with E-state index in [0.717, 1.165) is 11.3 Å². The maximum atomic E-state index is 10.9. The lowest BCUT2D eigenvalue weighted by Crippen LogP contribution is -1.92. The molecule has 0 aliphatic rings. The van der Waals surface area contributed by atoms with Crippen LogP contribution < -0.4 is 0 Å². The Kier molecular flexibility index (Phi) is 3.85. The van der Waals surface area contributed by atoms with Gasteiger partial charge < -0.3 is 9.15 Å². The largest absolute Gasteiger partial charge is 0.466 e. The summed E-state index contributed by atoms with van der Waals surface area (Å²) in [7, 11) is 1.33. The van der Waals surface area contributed by atoms with Gasteiger partial charge in [0.1, 0.15) is 11.5 Å². The molecule has 0 spiro atoms. The van der Waals surface area contributed by atoms with E-state index < -0.39 is 5.97 Å². The molecule has 1 heterocycles. The first-order valence-electron chi connectivity index (χ1n) is 5.31. The zero-order chi connectivity index (χ0) is 13.0. The molecule has 0 saturated heterocycles. The minimum absolute atomic E-state index is 0.417. The number of ether oxygens (including phenoxy) is 1. The molecule has 0 aliphatic carbocycles. The van der Waals surface area contributed by atoms with Crippen LogP contribution in [0.2, 0.25) is 5.02 Å². The highest BCUT2D eigenvalue weighted by atomic mass is 35.5. The van der Waals surface area contributed by atoms with E-state index in [1.165, 1.54) is 13.2 Å². The van der Waals surface area contributed by atoms with Gasteiger partial charge in [0.05, 0.1) is 7.11 Å². The second-order valence-electron chi connectivity index (χ2n) is 3.57. The number of esters is 1. The van der Waals surface area contributed by atoms with Crippen molar-refractivity contribution in [3.05, 3.63) is 53.3 Å². The summed E-state index contributed by atoms with van der Waals surface area (Å²) in [5.74, 6) is 0.890. The van der Waals surface area contributed by atoms with Crippen LogP contribution in [0.25, 0.3) is 17.4 Å². The number of hydrogen-bond donors (Lipinski definition) is 0. The fourth-order valence-electron chi connectivity index (χ4n) is 1.43. The van der Waals surface area contributed by atoms with Crippen molar-refractivity contribution >= 4 is 23.6 Å². The van der Waals surface area contributed by atoms with E-state index in [0.29, 0.717) is 10.8 Å². The number of benzene rings is 1. The molecule has 18 heavy (non-hydrogen) atoms. The topological polar surface area (TPSA) is 39.4 Å². The fraction of sp³-hybridized carbons (Fsp3) is 0.0714. The van der Waals surface area contributed by atoms with Gasteiger partial charge in [-0.15, -0.1) is 0 Å². The number of carbonyl (C=O) groups excluding carboxylic acids is 1. The molecule has 0 fully saturated rings. The molecule has 0 N–H and O–H groups in total. The standard InChI is InChI=1S/C14H11ClO3/c1-17-14(16)9-7-12-6-8-13(18-12)10-2-4-11(15)5-3-10/h2-9H,1H3. The molecule has 92 valence electrons. The Hall–Kier alpha value is -2.00. The summed E-state index contributed by atoms with van der Waals surface area (Å²) in [6, 6.07) is 10.9. The second-order valence-corrected chi connectivity index (χ2v) is 4.00. The zero-order valence-corrected chi connectivity index (χ0v) is 10.5. The van der Waals surface area contributed by atoms with Crippen molar-refractivity contribution in [1.29, 1.82) is 0 Å². The molecule has 0 radical (unpaired) electrons. The monoisotopic (exact) mass is 262 g/mol. The first-order chi connectivity index (χ1) is 8.69. The van der Waals surface area contributed by atoms with Crippen LogP contribution in [-0.2, 0) is 9.53 Å². The minimum Gasteiger partial charge on any atom is -0.466 e. The van der Waals surface area contributed by atoms with Crippen molar-refractivity contribution in [3.63, 3.8) is 0 Å². The predicted molar refractivity (Wildman–Crippen MR) is 70.2 cm³/mol. The maximum absolute atomic E-state index is 10.9. The highest BCUT2D eigenvalue weighted by Crippen LogP contribution is 2.24. The van der Waals surface area contributed by atoms with Crippen LogP contribution >= 0.6 is 11.6 Å². The summed E-state index contributed by atoms with van der Waals surface area (Å²) in [5, 5.41) is 0.677. The summed E-state index contributed by atoms with van der Waals surface area (Å²) in [6.45, 7) is 0. The van der Waals surface area contributed by atoms with Crippen LogP contribution in [0.5, 0.6) is 0 Å². The summed E-state index contributed by atoms with van der Waals surface area (Å²) >= 11 is 5.81. The average Bonchev–Trinajstić information content (AvgIpc) is 2.85. The first-order valence-corrected chi connectivity index (χ1v) is 5.68. The van der Waals surface area contributed by atoms with Gasteiger partial charge in [0.15, 0.2) is 0 Å². The maximum Gasteiger partial charge on any atom is 0.330 e. The average molecular weight is 263 g/mol. The Balaban J connectivity index is 2.18. The number of carbonyl (C=O) groups is 1. The Morgan fingerprint density at radius 3 is 2.61 bits per heavy atom. The second kappa shape index (κ2) is 5.56. The number of rotatable bonds is 3. The highest BCUT2D eigenvalue weighted by molar-refractivity contribution is 6.30. The van der Waals surface area contributed by atoms with Gasteiger partial charge in [0, 0.05) is 16.7 Å². The van der Waals surface area contributed by atoms with E-state index in [4.69, 9.17) is 16.0 Å². The normalized spacial score (nSPS) is 10.8. The Bertz CT molecular complexity index is 567. The molecule has 0 aliphatic heterocycles. The molecule has 2 rings (SSSR count). The molecule has 3 nitrogen and oxygen atoms in total. The molecule has 0 unspecified atom stereocenters. The van der Waals surface area contributed by atoms with Crippen molar-refractivity contribution in [2.24, 2.45) is 0 Å². The van der Waals surface area contributed by atoms with Crippen molar-refractivity contribution < 1.29 is 13.9 Å². The lowest BCUT2D eigenvalue weighted by Gasteiger charge is -1.96. The summed E-state index contributed by atoms with van der Waals surface area (Å²) in [5.41, 5.74) is 0.928. The van der Waals surface area contributed by atoms with Crippen molar-refractivity contribution in [3.8, 4) is 11.3 Å². The third kappa shape index (κ3) is 3.02. The molecule has 0 atom stereocenters. The number of methoxy groups -OCH3 is 1. The van der Waals surface area contributed by atoms with E-state index >= 15 is 0 Å². The van der Waals surface area contributed by atoms with Crippen LogP contribution in [-0.4, -0.2) is 13.1 Å². The van der Waals surface area contributed by atoms with Gasteiger partial charge in [-0.05, 0) is 42.5 Å². The van der Waals surface area contributed by atoms with Crippen LogP contribution in [0.15, 0.2) is 46.9 Å². The summed E-state index contributed by atoms with van der Waals surface area (Å²) in [4.78, 5) is 10.9. The molecule has 0 amide bonds. The molecule has 0 bridgehead atoms.